The summed E-state index contributed by atoms with van der Waals surface area (Å²) in [5, 5.41) is 5.60. The molecule has 2 N–H and O–H groups in total. The molecule has 2 aromatic carbocycles. The topological polar surface area (TPSA) is 79.8 Å². The molecule has 3 rings (SSSR count). The van der Waals surface area contributed by atoms with Crippen molar-refractivity contribution in [2.75, 3.05) is 12.4 Å². The maximum absolute atomic E-state index is 12.2. The van der Waals surface area contributed by atoms with E-state index in [9.17, 15) is 9.59 Å². The summed E-state index contributed by atoms with van der Waals surface area (Å²) in [6.45, 7) is 2.38. The Balaban J connectivity index is 1.56. The minimum Gasteiger partial charge on any atom is -0.496 e. The molecule has 0 aromatic heterocycles. The summed E-state index contributed by atoms with van der Waals surface area (Å²) in [7, 11) is 1.61. The number of amides is 2. The maximum Gasteiger partial charge on any atom is 0.240 e. The van der Waals surface area contributed by atoms with Crippen molar-refractivity contribution in [1.82, 2.24) is 5.32 Å². The van der Waals surface area contributed by atoms with Crippen molar-refractivity contribution in [3.63, 3.8) is 0 Å². The SMILES string of the molecule is COc1ccccc1CN=C1NC(=O)C(CC(=O)Nc2ccc(C)cc2)S1. The molecule has 1 atom stereocenters. The highest BCUT2D eigenvalue weighted by Crippen LogP contribution is 2.25. The molecule has 1 heterocycles. The number of nitrogens with one attached hydrogen (secondary N) is 2. The number of anilines is 1. The molecule has 2 aromatic rings. The first-order chi connectivity index (χ1) is 13.0. The number of hydrogen-bond donors (Lipinski definition) is 2. The number of methoxy groups -OCH3 is 1. The van der Waals surface area contributed by atoms with Crippen LogP contribution >= 0.6 is 11.8 Å². The van der Waals surface area contributed by atoms with Crippen LogP contribution in [0.5, 0.6) is 5.75 Å². The van der Waals surface area contributed by atoms with Crippen molar-refractivity contribution >= 4 is 34.4 Å². The Hall–Kier alpha value is -2.80. The zero-order valence-electron chi connectivity index (χ0n) is 15.2. The van der Waals surface area contributed by atoms with Gasteiger partial charge in [0, 0.05) is 17.7 Å². The van der Waals surface area contributed by atoms with Gasteiger partial charge in [0.25, 0.3) is 0 Å². The number of benzene rings is 2. The molecule has 0 saturated carbocycles. The van der Waals surface area contributed by atoms with E-state index in [1.54, 1.807) is 7.11 Å². The van der Waals surface area contributed by atoms with Gasteiger partial charge in [0.1, 0.15) is 11.0 Å². The minimum absolute atomic E-state index is 0.0953. The van der Waals surface area contributed by atoms with Gasteiger partial charge in [-0.3, -0.25) is 14.6 Å². The van der Waals surface area contributed by atoms with Crippen molar-refractivity contribution in [1.29, 1.82) is 0 Å². The fourth-order valence-corrected chi connectivity index (χ4v) is 3.59. The zero-order chi connectivity index (χ0) is 19.2. The van der Waals surface area contributed by atoms with Gasteiger partial charge in [0.2, 0.25) is 11.8 Å². The van der Waals surface area contributed by atoms with Crippen LogP contribution in [0.25, 0.3) is 0 Å². The predicted octanol–water partition coefficient (Wildman–Crippen LogP) is 3.12. The van der Waals surface area contributed by atoms with Crippen molar-refractivity contribution in [2.45, 2.75) is 25.1 Å². The molecule has 0 radical (unpaired) electrons. The molecule has 1 aliphatic heterocycles. The van der Waals surface area contributed by atoms with Crippen LogP contribution in [0.1, 0.15) is 17.5 Å². The van der Waals surface area contributed by atoms with E-state index in [1.807, 2.05) is 55.5 Å². The molecule has 2 amide bonds. The second kappa shape index (κ2) is 8.73. The van der Waals surface area contributed by atoms with Gasteiger partial charge < -0.3 is 15.4 Å². The zero-order valence-corrected chi connectivity index (χ0v) is 16.0. The third-order valence-electron chi connectivity index (χ3n) is 4.07. The summed E-state index contributed by atoms with van der Waals surface area (Å²) >= 11 is 1.28. The number of para-hydroxylation sites is 1. The molecule has 0 spiro atoms. The highest BCUT2D eigenvalue weighted by molar-refractivity contribution is 8.15. The number of carbonyl (C=O) groups excluding carboxylic acids is 2. The first-order valence-electron chi connectivity index (χ1n) is 8.55. The molecule has 1 saturated heterocycles. The van der Waals surface area contributed by atoms with Crippen molar-refractivity contribution in [3.05, 3.63) is 59.7 Å². The second-order valence-corrected chi connectivity index (χ2v) is 7.34. The lowest BCUT2D eigenvalue weighted by atomic mass is 10.2. The van der Waals surface area contributed by atoms with Gasteiger partial charge in [-0.15, -0.1) is 0 Å². The summed E-state index contributed by atoms with van der Waals surface area (Å²) in [5.41, 5.74) is 2.77. The Bertz CT molecular complexity index is 865. The third-order valence-corrected chi connectivity index (χ3v) is 5.19. The highest BCUT2D eigenvalue weighted by Gasteiger charge is 2.32. The van der Waals surface area contributed by atoms with Crippen LogP contribution in [0.4, 0.5) is 5.69 Å². The van der Waals surface area contributed by atoms with E-state index in [4.69, 9.17) is 4.74 Å². The molecule has 27 heavy (non-hydrogen) atoms. The van der Waals surface area contributed by atoms with E-state index in [-0.39, 0.29) is 18.2 Å². The normalized spacial score (nSPS) is 17.6. The van der Waals surface area contributed by atoms with Gasteiger partial charge in [-0.25, -0.2) is 0 Å². The van der Waals surface area contributed by atoms with Gasteiger partial charge in [-0.05, 0) is 25.1 Å². The number of thioether (sulfide) groups is 1. The van der Waals surface area contributed by atoms with Crippen LogP contribution in [0, 0.1) is 6.92 Å². The van der Waals surface area contributed by atoms with E-state index in [0.29, 0.717) is 11.7 Å². The first-order valence-corrected chi connectivity index (χ1v) is 9.43. The fourth-order valence-electron chi connectivity index (χ4n) is 2.62. The Kier molecular flexibility index (Phi) is 6.13. The number of aryl methyl sites for hydroxylation is 1. The fraction of sp³-hybridized carbons (Fsp3) is 0.250. The molecule has 6 nitrogen and oxygen atoms in total. The monoisotopic (exact) mass is 383 g/mol. The summed E-state index contributed by atoms with van der Waals surface area (Å²) in [4.78, 5) is 28.8. The van der Waals surface area contributed by atoms with Gasteiger partial charge in [0.15, 0.2) is 5.17 Å². The van der Waals surface area contributed by atoms with Gasteiger partial charge in [0.05, 0.1) is 13.7 Å². The van der Waals surface area contributed by atoms with Crippen LogP contribution in [0.15, 0.2) is 53.5 Å². The Morgan fingerprint density at radius 1 is 1.22 bits per heavy atom. The molecule has 1 aliphatic rings. The van der Waals surface area contributed by atoms with Gasteiger partial charge in [-0.2, -0.15) is 0 Å². The molecular weight excluding hydrogens is 362 g/mol. The summed E-state index contributed by atoms with van der Waals surface area (Å²) in [6.07, 6.45) is 0.0953. The molecule has 140 valence electrons. The van der Waals surface area contributed by atoms with Crippen molar-refractivity contribution < 1.29 is 14.3 Å². The second-order valence-electron chi connectivity index (χ2n) is 6.15. The standard InChI is InChI=1S/C20H21N3O3S/c1-13-7-9-15(10-8-13)22-18(24)11-17-19(25)23-20(27-17)21-12-14-5-3-4-6-16(14)26-2/h3-10,17H,11-12H2,1-2H3,(H,22,24)(H,21,23,25). The van der Waals surface area contributed by atoms with E-state index in [2.05, 4.69) is 15.6 Å². The summed E-state index contributed by atoms with van der Waals surface area (Å²) < 4.78 is 5.30. The van der Waals surface area contributed by atoms with Crippen LogP contribution in [0.2, 0.25) is 0 Å². The molecule has 7 heteroatoms. The van der Waals surface area contributed by atoms with Gasteiger partial charge in [-0.1, -0.05) is 47.7 Å². The highest BCUT2D eigenvalue weighted by atomic mass is 32.2. The summed E-state index contributed by atoms with van der Waals surface area (Å²) in [5.74, 6) is 0.362. The van der Waals surface area contributed by atoms with E-state index in [0.717, 1.165) is 22.6 Å². The number of amidine groups is 1. The third kappa shape index (κ3) is 5.10. The molecule has 0 aliphatic carbocycles. The minimum atomic E-state index is -0.480. The molecular formula is C20H21N3O3S. The first kappa shape index (κ1) is 19.0. The average molecular weight is 383 g/mol. The molecule has 0 bridgehead atoms. The van der Waals surface area contributed by atoms with Crippen LogP contribution < -0.4 is 15.4 Å². The number of rotatable bonds is 6. The van der Waals surface area contributed by atoms with Crippen LogP contribution in [-0.4, -0.2) is 29.3 Å². The summed E-state index contributed by atoms with van der Waals surface area (Å²) in [6, 6.07) is 15.1. The van der Waals surface area contributed by atoms with Gasteiger partial charge >= 0.3 is 0 Å². The van der Waals surface area contributed by atoms with E-state index >= 15 is 0 Å². The van der Waals surface area contributed by atoms with E-state index in [1.165, 1.54) is 11.8 Å². The molecule has 1 fully saturated rings. The Labute approximate surface area is 162 Å². The quantitative estimate of drug-likeness (QED) is 0.803. The van der Waals surface area contributed by atoms with Crippen LogP contribution in [-0.2, 0) is 16.1 Å². The number of aliphatic imine (C=N–C) groups is 1. The Morgan fingerprint density at radius 2 is 1.96 bits per heavy atom. The predicted molar refractivity (Wildman–Crippen MR) is 108 cm³/mol. The lowest BCUT2D eigenvalue weighted by Gasteiger charge is -2.07. The number of carbonyl (C=O) groups is 2. The van der Waals surface area contributed by atoms with Crippen LogP contribution in [0.3, 0.4) is 0 Å². The Morgan fingerprint density at radius 3 is 2.70 bits per heavy atom. The molecule has 1 unspecified atom stereocenters. The maximum atomic E-state index is 12.2. The number of nitrogens with zero attached hydrogens (tertiary/aromatic N) is 1. The average Bonchev–Trinajstić information content (AvgIpc) is 3.01. The lowest BCUT2D eigenvalue weighted by molar-refractivity contribution is -0.122. The van der Waals surface area contributed by atoms with E-state index < -0.39 is 5.25 Å². The van der Waals surface area contributed by atoms with Crippen molar-refractivity contribution in [2.24, 2.45) is 4.99 Å². The number of ether oxygens (including phenoxy) is 1. The lowest BCUT2D eigenvalue weighted by Crippen LogP contribution is -2.28. The number of hydrogen-bond acceptors (Lipinski definition) is 5. The smallest absolute Gasteiger partial charge is 0.240 e. The van der Waals surface area contributed by atoms with Crippen molar-refractivity contribution in [3.8, 4) is 5.75 Å². The largest absolute Gasteiger partial charge is 0.496 e.